The van der Waals surface area contributed by atoms with Crippen LogP contribution in [0.15, 0.2) is 10.7 Å². The summed E-state index contributed by atoms with van der Waals surface area (Å²) in [6.45, 7) is 0. The molecule has 7 heteroatoms. The molecular weight excluding hydrogens is 153 g/mol. The molecule has 0 aromatic carbocycles. The van der Waals surface area contributed by atoms with Crippen molar-refractivity contribution in [2.24, 2.45) is 0 Å². The molecule has 0 saturated carbocycles. The third-order valence-corrected chi connectivity index (χ3v) is 0.557. The van der Waals surface area contributed by atoms with Gasteiger partial charge in [0.1, 0.15) is 6.20 Å². The first-order chi connectivity index (χ1) is 4.58. The second-order valence-corrected chi connectivity index (χ2v) is 1.28. The second-order valence-electron chi connectivity index (χ2n) is 1.28. The quantitative estimate of drug-likeness (QED) is 0.604. The molecule has 0 radical (unpaired) electrons. The summed E-state index contributed by atoms with van der Waals surface area (Å²) in [5.41, 5.74) is 0. The average Bonchev–Trinajstić information content (AvgIpc) is 2.12. The Labute approximate surface area is 52.6 Å². The van der Waals surface area contributed by atoms with Crippen molar-refractivity contribution in [2.45, 2.75) is 6.36 Å². The maximum absolute atomic E-state index is 11.3. The van der Waals surface area contributed by atoms with Crippen LogP contribution < -0.4 is 4.74 Å². The molecule has 0 spiro atoms. The van der Waals surface area contributed by atoms with Crippen molar-refractivity contribution < 1.29 is 22.4 Å². The zero-order chi connectivity index (χ0) is 7.61. The van der Waals surface area contributed by atoms with Gasteiger partial charge < -0.3 is 4.74 Å². The van der Waals surface area contributed by atoms with Crippen LogP contribution in [0.2, 0.25) is 0 Å². The smallest absolute Gasteiger partial charge is 0.370 e. The molecule has 0 fully saturated rings. The summed E-state index contributed by atoms with van der Waals surface area (Å²) in [6.07, 6.45) is -4.03. The van der Waals surface area contributed by atoms with Gasteiger partial charge in [-0.15, -0.1) is 18.3 Å². The normalized spacial score (nSPS) is 11.5. The molecule has 56 valence electrons. The molecule has 0 aliphatic rings. The van der Waals surface area contributed by atoms with Gasteiger partial charge in [0.2, 0.25) is 0 Å². The van der Waals surface area contributed by atoms with E-state index in [0.29, 0.717) is 6.20 Å². The Hall–Kier alpha value is -1.27. The van der Waals surface area contributed by atoms with E-state index in [1.54, 1.807) is 0 Å². The molecular formula is C3HF3N2O2. The lowest BCUT2D eigenvalue weighted by atomic mass is 10.9. The Kier molecular flexibility index (Phi) is 1.48. The van der Waals surface area contributed by atoms with Crippen LogP contribution >= 0.6 is 0 Å². The van der Waals surface area contributed by atoms with E-state index >= 15 is 0 Å². The molecule has 1 aromatic heterocycles. The standard InChI is InChI=1S/C3HF3N2O2/c4-3(5,6)9-2-1-7-8-10-2/h1H. The third kappa shape index (κ3) is 1.92. The summed E-state index contributed by atoms with van der Waals surface area (Å²) in [5.74, 6) is -0.771. The highest BCUT2D eigenvalue weighted by Gasteiger charge is 2.32. The molecule has 1 rings (SSSR count). The van der Waals surface area contributed by atoms with Gasteiger partial charge in [-0.2, -0.15) is 0 Å². The largest absolute Gasteiger partial charge is 0.575 e. The Morgan fingerprint density at radius 1 is 1.50 bits per heavy atom. The Balaban J connectivity index is 2.57. The molecule has 0 saturated heterocycles. The first-order valence-electron chi connectivity index (χ1n) is 2.11. The lowest BCUT2D eigenvalue weighted by molar-refractivity contribution is -0.281. The number of hydrogen-bond acceptors (Lipinski definition) is 4. The summed E-state index contributed by atoms with van der Waals surface area (Å²) in [6, 6.07) is 0. The highest BCUT2D eigenvalue weighted by molar-refractivity contribution is 4.92. The van der Waals surface area contributed by atoms with Crippen molar-refractivity contribution >= 4 is 0 Å². The SMILES string of the molecule is FC(F)(F)Oc1cnno1. The fraction of sp³-hybridized carbons (Fsp3) is 0.333. The molecule has 0 aliphatic heterocycles. The van der Waals surface area contributed by atoms with Crippen LogP contribution in [0, 0.1) is 0 Å². The van der Waals surface area contributed by atoms with Crippen LogP contribution in [0.3, 0.4) is 0 Å². The van der Waals surface area contributed by atoms with Gasteiger partial charge in [0.05, 0.1) is 0 Å². The lowest BCUT2D eigenvalue weighted by Crippen LogP contribution is -2.16. The van der Waals surface area contributed by atoms with E-state index in [1.165, 1.54) is 0 Å². The van der Waals surface area contributed by atoms with Gasteiger partial charge in [0.15, 0.2) is 0 Å². The first-order valence-corrected chi connectivity index (χ1v) is 2.11. The summed E-state index contributed by atoms with van der Waals surface area (Å²) >= 11 is 0. The molecule has 1 heterocycles. The minimum absolute atomic E-state index is 0.716. The lowest BCUT2D eigenvalue weighted by Gasteiger charge is -2.01. The number of nitrogens with zero attached hydrogens (tertiary/aromatic N) is 2. The number of ether oxygens (including phenoxy) is 1. The fourth-order valence-corrected chi connectivity index (χ4v) is 0.317. The number of rotatable bonds is 1. The first kappa shape index (κ1) is 6.84. The maximum atomic E-state index is 11.3. The van der Waals surface area contributed by atoms with Crippen LogP contribution in [0.1, 0.15) is 0 Å². The van der Waals surface area contributed by atoms with E-state index < -0.39 is 12.3 Å². The number of halogens is 3. The van der Waals surface area contributed by atoms with Gasteiger partial charge in [-0.1, -0.05) is 0 Å². The van der Waals surface area contributed by atoms with Crippen molar-refractivity contribution in [3.63, 3.8) is 0 Å². The molecule has 0 N–H and O–H groups in total. The molecule has 4 nitrogen and oxygen atoms in total. The summed E-state index contributed by atoms with van der Waals surface area (Å²) in [5, 5.41) is 5.72. The van der Waals surface area contributed by atoms with Crippen LogP contribution in [0.5, 0.6) is 5.95 Å². The van der Waals surface area contributed by atoms with E-state index in [1.807, 2.05) is 0 Å². The number of hydrogen-bond donors (Lipinski definition) is 0. The molecule has 0 unspecified atom stereocenters. The van der Waals surface area contributed by atoms with Crippen LogP contribution in [-0.4, -0.2) is 16.7 Å². The predicted octanol–water partition coefficient (Wildman–Crippen LogP) is 0.968. The predicted molar refractivity (Wildman–Crippen MR) is 21.0 cm³/mol. The van der Waals surface area contributed by atoms with Crippen LogP contribution in [-0.2, 0) is 0 Å². The zero-order valence-electron chi connectivity index (χ0n) is 4.42. The van der Waals surface area contributed by atoms with Gasteiger partial charge in [-0.05, 0) is 0 Å². The van der Waals surface area contributed by atoms with E-state index in [4.69, 9.17) is 0 Å². The van der Waals surface area contributed by atoms with Crippen molar-refractivity contribution in [1.82, 2.24) is 10.4 Å². The third-order valence-electron chi connectivity index (χ3n) is 0.557. The Morgan fingerprint density at radius 3 is 2.60 bits per heavy atom. The van der Waals surface area contributed by atoms with E-state index in [2.05, 4.69) is 19.6 Å². The molecule has 0 aliphatic carbocycles. The Morgan fingerprint density at radius 2 is 2.20 bits per heavy atom. The molecule has 0 atom stereocenters. The highest BCUT2D eigenvalue weighted by atomic mass is 19.4. The molecule has 0 bridgehead atoms. The summed E-state index contributed by atoms with van der Waals surface area (Å²) < 4.78 is 41.0. The van der Waals surface area contributed by atoms with Crippen molar-refractivity contribution in [2.75, 3.05) is 0 Å². The topological polar surface area (TPSA) is 48.2 Å². The minimum atomic E-state index is -4.75. The highest BCUT2D eigenvalue weighted by Crippen LogP contribution is 2.20. The van der Waals surface area contributed by atoms with E-state index in [-0.39, 0.29) is 0 Å². The fourth-order valence-electron chi connectivity index (χ4n) is 0.317. The van der Waals surface area contributed by atoms with Crippen molar-refractivity contribution in [3.8, 4) is 5.95 Å². The minimum Gasteiger partial charge on any atom is -0.370 e. The summed E-state index contributed by atoms with van der Waals surface area (Å²) in [7, 11) is 0. The van der Waals surface area contributed by atoms with Gasteiger partial charge in [0, 0.05) is 5.27 Å². The molecule has 10 heavy (non-hydrogen) atoms. The Bertz CT molecular complexity index is 194. The van der Waals surface area contributed by atoms with Crippen LogP contribution in [0.25, 0.3) is 0 Å². The molecule has 1 aromatic rings. The van der Waals surface area contributed by atoms with Gasteiger partial charge in [-0.25, -0.2) is 0 Å². The molecule has 0 amide bonds. The summed E-state index contributed by atoms with van der Waals surface area (Å²) in [4.78, 5) is 0. The van der Waals surface area contributed by atoms with E-state index in [9.17, 15) is 13.2 Å². The maximum Gasteiger partial charge on any atom is 0.575 e. The number of alkyl halides is 3. The van der Waals surface area contributed by atoms with Gasteiger partial charge in [-0.3, -0.25) is 4.52 Å². The average molecular weight is 154 g/mol. The van der Waals surface area contributed by atoms with Gasteiger partial charge in [0.25, 0.3) is 0 Å². The van der Waals surface area contributed by atoms with Crippen molar-refractivity contribution in [1.29, 1.82) is 0 Å². The van der Waals surface area contributed by atoms with E-state index in [0.717, 1.165) is 0 Å². The monoisotopic (exact) mass is 154 g/mol. The number of aromatic nitrogens is 2. The van der Waals surface area contributed by atoms with Crippen LogP contribution in [0.4, 0.5) is 13.2 Å². The van der Waals surface area contributed by atoms with Crippen molar-refractivity contribution in [3.05, 3.63) is 6.20 Å². The second kappa shape index (κ2) is 2.16. The van der Waals surface area contributed by atoms with Gasteiger partial charge >= 0.3 is 12.3 Å². The zero-order valence-corrected chi connectivity index (χ0v) is 4.42.